The zero-order valence-electron chi connectivity index (χ0n) is 15.0. The standard InChI is InChI=1S/C22H21N3O2/c1-2-5-16(6-3-1)7-4-11-25-12-10-19-18(14-25)22(24-23-19)17-8-9-20-21(13-17)27-15-26-20/h1-9,13H,10-12,14-15H2,(H,23,24). The number of nitrogens with one attached hydrogen (secondary N) is 1. The van der Waals surface area contributed by atoms with E-state index in [1.54, 1.807) is 0 Å². The number of fused-ring (bicyclic) bond motifs is 2. The Balaban J connectivity index is 1.33. The molecule has 5 heteroatoms. The maximum Gasteiger partial charge on any atom is 0.231 e. The highest BCUT2D eigenvalue weighted by Crippen LogP contribution is 2.37. The highest BCUT2D eigenvalue weighted by atomic mass is 16.7. The molecule has 0 aliphatic carbocycles. The van der Waals surface area contributed by atoms with E-state index in [4.69, 9.17) is 9.47 Å². The van der Waals surface area contributed by atoms with Gasteiger partial charge in [0.15, 0.2) is 11.5 Å². The van der Waals surface area contributed by atoms with E-state index in [0.29, 0.717) is 6.79 Å². The summed E-state index contributed by atoms with van der Waals surface area (Å²) in [6.45, 7) is 3.16. The third-order valence-electron chi connectivity index (χ3n) is 5.13. The van der Waals surface area contributed by atoms with Crippen molar-refractivity contribution in [1.82, 2.24) is 15.1 Å². The molecule has 27 heavy (non-hydrogen) atoms. The lowest BCUT2D eigenvalue weighted by Crippen LogP contribution is -2.30. The van der Waals surface area contributed by atoms with Crippen LogP contribution in [-0.2, 0) is 13.0 Å². The smallest absolute Gasteiger partial charge is 0.231 e. The van der Waals surface area contributed by atoms with Crippen LogP contribution in [0.15, 0.2) is 54.6 Å². The van der Waals surface area contributed by atoms with Gasteiger partial charge in [-0.3, -0.25) is 10.00 Å². The summed E-state index contributed by atoms with van der Waals surface area (Å²) in [4.78, 5) is 2.45. The van der Waals surface area contributed by atoms with E-state index in [1.807, 2.05) is 18.2 Å². The highest BCUT2D eigenvalue weighted by Gasteiger charge is 2.23. The molecule has 0 spiro atoms. The Labute approximate surface area is 158 Å². The number of aromatic nitrogens is 2. The van der Waals surface area contributed by atoms with Crippen LogP contribution in [0.25, 0.3) is 17.3 Å². The first-order valence-electron chi connectivity index (χ1n) is 9.27. The topological polar surface area (TPSA) is 50.4 Å². The highest BCUT2D eigenvalue weighted by molar-refractivity contribution is 5.68. The van der Waals surface area contributed by atoms with Gasteiger partial charge in [-0.25, -0.2) is 0 Å². The third kappa shape index (κ3) is 3.22. The van der Waals surface area contributed by atoms with Crippen molar-refractivity contribution >= 4 is 6.08 Å². The third-order valence-corrected chi connectivity index (χ3v) is 5.13. The van der Waals surface area contributed by atoms with Crippen molar-refractivity contribution in [3.05, 3.63) is 71.4 Å². The lowest BCUT2D eigenvalue weighted by atomic mass is 10.0. The molecule has 1 N–H and O–H groups in total. The average molecular weight is 359 g/mol. The molecule has 2 aliphatic rings. The number of benzene rings is 2. The molecule has 0 saturated heterocycles. The molecule has 0 fully saturated rings. The van der Waals surface area contributed by atoms with Crippen LogP contribution in [0.5, 0.6) is 11.5 Å². The van der Waals surface area contributed by atoms with Crippen LogP contribution in [0.2, 0.25) is 0 Å². The van der Waals surface area contributed by atoms with Crippen LogP contribution in [0.4, 0.5) is 0 Å². The molecule has 2 aromatic carbocycles. The van der Waals surface area contributed by atoms with E-state index >= 15 is 0 Å². The van der Waals surface area contributed by atoms with E-state index in [-0.39, 0.29) is 0 Å². The van der Waals surface area contributed by atoms with Gasteiger partial charge in [0, 0.05) is 42.9 Å². The first kappa shape index (κ1) is 16.1. The number of aromatic amines is 1. The molecule has 5 nitrogen and oxygen atoms in total. The summed E-state index contributed by atoms with van der Waals surface area (Å²) in [6.07, 6.45) is 5.41. The first-order chi connectivity index (χ1) is 13.4. The Morgan fingerprint density at radius 3 is 2.89 bits per heavy atom. The number of hydrogen-bond donors (Lipinski definition) is 1. The van der Waals surface area contributed by atoms with Crippen molar-refractivity contribution < 1.29 is 9.47 Å². The predicted octanol–water partition coefficient (Wildman–Crippen LogP) is 3.88. The Morgan fingerprint density at radius 2 is 1.96 bits per heavy atom. The molecule has 1 aromatic heterocycles. The zero-order valence-corrected chi connectivity index (χ0v) is 15.0. The van der Waals surface area contributed by atoms with Gasteiger partial charge in [0.05, 0.1) is 5.69 Å². The molecule has 2 aliphatic heterocycles. The molecule has 0 unspecified atom stereocenters. The second kappa shape index (κ2) is 6.93. The second-order valence-corrected chi connectivity index (χ2v) is 6.90. The van der Waals surface area contributed by atoms with E-state index in [1.165, 1.54) is 16.8 Å². The number of rotatable bonds is 4. The fourth-order valence-electron chi connectivity index (χ4n) is 3.69. The van der Waals surface area contributed by atoms with Gasteiger partial charge < -0.3 is 9.47 Å². The van der Waals surface area contributed by atoms with Crippen LogP contribution in [0.3, 0.4) is 0 Å². The summed E-state index contributed by atoms with van der Waals surface area (Å²) in [6, 6.07) is 16.5. The first-order valence-corrected chi connectivity index (χ1v) is 9.27. The molecule has 136 valence electrons. The van der Waals surface area contributed by atoms with Gasteiger partial charge in [-0.2, -0.15) is 5.10 Å². The van der Waals surface area contributed by atoms with Gasteiger partial charge >= 0.3 is 0 Å². The maximum absolute atomic E-state index is 5.52. The zero-order chi connectivity index (χ0) is 18.1. The predicted molar refractivity (Wildman–Crippen MR) is 105 cm³/mol. The monoisotopic (exact) mass is 359 g/mol. The van der Waals surface area contributed by atoms with Crippen molar-refractivity contribution in [1.29, 1.82) is 0 Å². The van der Waals surface area contributed by atoms with E-state index in [9.17, 15) is 0 Å². The Kier molecular flexibility index (Phi) is 4.14. The van der Waals surface area contributed by atoms with Crippen LogP contribution < -0.4 is 9.47 Å². The maximum atomic E-state index is 5.52. The second-order valence-electron chi connectivity index (χ2n) is 6.90. The normalized spacial score (nSPS) is 16.0. The lowest BCUT2D eigenvalue weighted by Gasteiger charge is -2.25. The summed E-state index contributed by atoms with van der Waals surface area (Å²) in [7, 11) is 0. The molecule has 5 rings (SSSR count). The van der Waals surface area contributed by atoms with Crippen molar-refractivity contribution in [3.63, 3.8) is 0 Å². The van der Waals surface area contributed by atoms with Gasteiger partial charge in [0.25, 0.3) is 0 Å². The van der Waals surface area contributed by atoms with E-state index in [2.05, 4.69) is 57.6 Å². The quantitative estimate of drug-likeness (QED) is 0.768. The minimum absolute atomic E-state index is 0.291. The molecule has 3 aromatic rings. The minimum atomic E-state index is 0.291. The van der Waals surface area contributed by atoms with E-state index < -0.39 is 0 Å². The van der Waals surface area contributed by atoms with Gasteiger partial charge in [-0.1, -0.05) is 42.5 Å². The molecule has 0 radical (unpaired) electrons. The Hall–Kier alpha value is -3.05. The van der Waals surface area contributed by atoms with Crippen LogP contribution in [-0.4, -0.2) is 35.0 Å². The average Bonchev–Trinajstić information content (AvgIpc) is 3.34. The van der Waals surface area contributed by atoms with E-state index in [0.717, 1.165) is 48.8 Å². The molecule has 0 bridgehead atoms. The SMILES string of the molecule is C(=Cc1ccccc1)CN1CCc2[nH]nc(-c3ccc4c(c3)OCO4)c2C1. The fraction of sp³-hybridized carbons (Fsp3) is 0.227. The summed E-state index contributed by atoms with van der Waals surface area (Å²) in [5, 5.41) is 7.82. The summed E-state index contributed by atoms with van der Waals surface area (Å²) in [5.74, 6) is 1.60. The van der Waals surface area contributed by atoms with Crippen LogP contribution in [0, 0.1) is 0 Å². The molecule has 0 atom stereocenters. The molecular weight excluding hydrogens is 338 g/mol. The molecule has 0 amide bonds. The summed E-state index contributed by atoms with van der Waals surface area (Å²) in [5.41, 5.74) is 5.84. The molecule has 0 saturated carbocycles. The van der Waals surface area contributed by atoms with Gasteiger partial charge in [0.2, 0.25) is 6.79 Å². The van der Waals surface area contributed by atoms with Crippen molar-refractivity contribution in [2.24, 2.45) is 0 Å². The number of hydrogen-bond acceptors (Lipinski definition) is 4. The summed E-state index contributed by atoms with van der Waals surface area (Å²) >= 11 is 0. The lowest BCUT2D eigenvalue weighted by molar-refractivity contribution is 0.174. The van der Waals surface area contributed by atoms with Crippen LogP contribution in [0.1, 0.15) is 16.8 Å². The van der Waals surface area contributed by atoms with Gasteiger partial charge in [0.1, 0.15) is 0 Å². The minimum Gasteiger partial charge on any atom is -0.454 e. The molecular formula is C22H21N3O2. The van der Waals surface area contributed by atoms with Crippen molar-refractivity contribution in [2.75, 3.05) is 19.9 Å². The van der Waals surface area contributed by atoms with Gasteiger partial charge in [-0.05, 0) is 23.8 Å². The number of H-pyrrole nitrogens is 1. The largest absolute Gasteiger partial charge is 0.454 e. The Morgan fingerprint density at radius 1 is 1.07 bits per heavy atom. The van der Waals surface area contributed by atoms with Crippen molar-refractivity contribution in [3.8, 4) is 22.8 Å². The molecule has 3 heterocycles. The van der Waals surface area contributed by atoms with Gasteiger partial charge in [-0.15, -0.1) is 0 Å². The van der Waals surface area contributed by atoms with Crippen molar-refractivity contribution in [2.45, 2.75) is 13.0 Å². The Bertz CT molecular complexity index is 978. The van der Waals surface area contributed by atoms with Crippen LogP contribution >= 0.6 is 0 Å². The number of nitrogens with zero attached hydrogens (tertiary/aromatic N) is 2. The number of ether oxygens (including phenoxy) is 2. The fourth-order valence-corrected chi connectivity index (χ4v) is 3.69. The summed E-state index contributed by atoms with van der Waals surface area (Å²) < 4.78 is 10.9.